The highest BCUT2D eigenvalue weighted by Crippen LogP contribution is 2.26. The van der Waals surface area contributed by atoms with E-state index in [9.17, 15) is 4.79 Å². The first kappa shape index (κ1) is 15.6. The average molecular weight is 348 g/mol. The number of carboxylic acid groups (broad SMARTS) is 1. The highest BCUT2D eigenvalue weighted by Gasteiger charge is 2.12. The van der Waals surface area contributed by atoms with Crippen LogP contribution in [0, 0.1) is 6.92 Å². The van der Waals surface area contributed by atoms with Gasteiger partial charge in [0.1, 0.15) is 0 Å². The quantitative estimate of drug-likeness (QED) is 0.833. The minimum atomic E-state index is -0.801. The molecule has 0 bridgehead atoms. The first-order valence-corrected chi connectivity index (χ1v) is 7.59. The van der Waals surface area contributed by atoms with Crippen molar-refractivity contribution in [1.82, 2.24) is 0 Å². The maximum atomic E-state index is 10.9. The van der Waals surface area contributed by atoms with E-state index in [-0.39, 0.29) is 0 Å². The van der Waals surface area contributed by atoms with Crippen LogP contribution in [0.25, 0.3) is 0 Å². The van der Waals surface area contributed by atoms with Gasteiger partial charge in [-0.2, -0.15) is 0 Å². The molecule has 110 valence electrons. The van der Waals surface area contributed by atoms with Gasteiger partial charge in [0.25, 0.3) is 0 Å². The second-order valence-corrected chi connectivity index (χ2v) is 5.88. The molecule has 1 atom stereocenters. The Morgan fingerprint density at radius 3 is 2.52 bits per heavy atom. The smallest absolute Gasteiger partial charge is 0.310 e. The van der Waals surface area contributed by atoms with Crippen LogP contribution in [0.15, 0.2) is 46.9 Å². The van der Waals surface area contributed by atoms with E-state index >= 15 is 0 Å². The van der Waals surface area contributed by atoms with Crippen molar-refractivity contribution in [2.45, 2.75) is 26.3 Å². The summed E-state index contributed by atoms with van der Waals surface area (Å²) >= 11 is 3.57. The fourth-order valence-electron chi connectivity index (χ4n) is 2.05. The SMILES string of the molecule is Cc1cccc(NCc2ccc(C(C)C(=O)O)cc2)c1Br. The van der Waals surface area contributed by atoms with Gasteiger partial charge >= 0.3 is 5.97 Å². The Hall–Kier alpha value is -1.81. The van der Waals surface area contributed by atoms with Crippen molar-refractivity contribution < 1.29 is 9.90 Å². The minimum absolute atomic E-state index is 0.474. The monoisotopic (exact) mass is 347 g/mol. The molecule has 4 heteroatoms. The summed E-state index contributed by atoms with van der Waals surface area (Å²) in [5.41, 5.74) is 4.18. The number of carboxylic acids is 1. The Labute approximate surface area is 133 Å². The summed E-state index contributed by atoms with van der Waals surface area (Å²) in [6.45, 7) is 4.45. The van der Waals surface area contributed by atoms with Gasteiger partial charge in [0, 0.05) is 16.7 Å². The number of hydrogen-bond donors (Lipinski definition) is 2. The van der Waals surface area contributed by atoms with Crippen molar-refractivity contribution in [2.24, 2.45) is 0 Å². The van der Waals surface area contributed by atoms with Gasteiger partial charge in [-0.25, -0.2) is 0 Å². The minimum Gasteiger partial charge on any atom is -0.481 e. The fraction of sp³-hybridized carbons (Fsp3) is 0.235. The van der Waals surface area contributed by atoms with Gasteiger partial charge < -0.3 is 10.4 Å². The summed E-state index contributed by atoms with van der Waals surface area (Å²) in [7, 11) is 0. The molecule has 0 heterocycles. The molecule has 0 fully saturated rings. The summed E-state index contributed by atoms with van der Waals surface area (Å²) in [6, 6.07) is 13.8. The molecule has 3 nitrogen and oxygen atoms in total. The number of anilines is 1. The van der Waals surface area contributed by atoms with E-state index in [1.54, 1.807) is 6.92 Å². The molecule has 0 spiro atoms. The lowest BCUT2D eigenvalue weighted by Gasteiger charge is -2.11. The lowest BCUT2D eigenvalue weighted by Crippen LogP contribution is -2.07. The molecule has 0 aliphatic heterocycles. The lowest BCUT2D eigenvalue weighted by atomic mass is 10.00. The second kappa shape index (κ2) is 6.76. The summed E-state index contributed by atoms with van der Waals surface area (Å²) in [5, 5.41) is 12.4. The van der Waals surface area contributed by atoms with Crippen molar-refractivity contribution in [1.29, 1.82) is 0 Å². The molecule has 0 amide bonds. The number of aliphatic carboxylic acids is 1. The van der Waals surface area contributed by atoms with Gasteiger partial charge in [-0.15, -0.1) is 0 Å². The number of aryl methyl sites for hydroxylation is 1. The summed E-state index contributed by atoms with van der Waals surface area (Å²) in [4.78, 5) is 10.9. The van der Waals surface area contributed by atoms with E-state index in [0.29, 0.717) is 6.54 Å². The van der Waals surface area contributed by atoms with Gasteiger partial charge in [0.2, 0.25) is 0 Å². The molecule has 21 heavy (non-hydrogen) atoms. The predicted octanol–water partition coefficient (Wildman–Crippen LogP) is 4.56. The Bertz CT molecular complexity index is 638. The van der Waals surface area contributed by atoms with Gasteiger partial charge in [0.15, 0.2) is 0 Å². The van der Waals surface area contributed by atoms with Crippen molar-refractivity contribution in [3.05, 3.63) is 63.6 Å². The highest BCUT2D eigenvalue weighted by molar-refractivity contribution is 9.10. The van der Waals surface area contributed by atoms with E-state index in [2.05, 4.69) is 34.2 Å². The number of benzene rings is 2. The Morgan fingerprint density at radius 2 is 1.90 bits per heavy atom. The molecule has 2 rings (SSSR count). The van der Waals surface area contributed by atoms with Crippen LogP contribution in [-0.2, 0) is 11.3 Å². The molecule has 0 radical (unpaired) electrons. The van der Waals surface area contributed by atoms with Crippen molar-refractivity contribution in [2.75, 3.05) is 5.32 Å². The van der Waals surface area contributed by atoms with Gasteiger partial charge in [0.05, 0.1) is 5.92 Å². The maximum Gasteiger partial charge on any atom is 0.310 e. The molecular formula is C17H18BrNO2. The number of halogens is 1. The molecular weight excluding hydrogens is 330 g/mol. The highest BCUT2D eigenvalue weighted by atomic mass is 79.9. The predicted molar refractivity (Wildman–Crippen MR) is 88.7 cm³/mol. The zero-order valence-corrected chi connectivity index (χ0v) is 13.6. The van der Waals surface area contributed by atoms with Crippen molar-refractivity contribution in [3.63, 3.8) is 0 Å². The summed E-state index contributed by atoms with van der Waals surface area (Å²) < 4.78 is 1.07. The number of carbonyl (C=O) groups is 1. The molecule has 1 unspecified atom stereocenters. The maximum absolute atomic E-state index is 10.9. The number of hydrogen-bond acceptors (Lipinski definition) is 2. The second-order valence-electron chi connectivity index (χ2n) is 5.09. The zero-order valence-electron chi connectivity index (χ0n) is 12.1. The Kier molecular flexibility index (Phi) is 5.02. The topological polar surface area (TPSA) is 49.3 Å². The summed E-state index contributed by atoms with van der Waals surface area (Å²) in [6.07, 6.45) is 0. The molecule has 2 N–H and O–H groups in total. The lowest BCUT2D eigenvalue weighted by molar-refractivity contribution is -0.138. The van der Waals surface area contributed by atoms with Crippen LogP contribution in [0.1, 0.15) is 29.5 Å². The largest absolute Gasteiger partial charge is 0.481 e. The molecule has 0 aromatic heterocycles. The molecule has 0 aliphatic carbocycles. The van der Waals surface area contributed by atoms with Crippen LogP contribution < -0.4 is 5.32 Å². The molecule has 0 aliphatic rings. The van der Waals surface area contributed by atoms with E-state index in [4.69, 9.17) is 5.11 Å². The first-order valence-electron chi connectivity index (χ1n) is 6.79. The third-order valence-electron chi connectivity index (χ3n) is 3.52. The van der Waals surface area contributed by atoms with Crippen LogP contribution >= 0.6 is 15.9 Å². The van der Waals surface area contributed by atoms with Crippen molar-refractivity contribution >= 4 is 27.6 Å². The molecule has 2 aromatic rings. The standard InChI is InChI=1S/C17H18BrNO2/c1-11-4-3-5-15(16(11)18)19-10-13-6-8-14(9-7-13)12(2)17(20)21/h3-9,12,19H,10H2,1-2H3,(H,20,21). The number of rotatable bonds is 5. The van der Waals surface area contributed by atoms with Crippen LogP contribution in [0.4, 0.5) is 5.69 Å². The number of nitrogens with one attached hydrogen (secondary N) is 1. The zero-order chi connectivity index (χ0) is 15.4. The van der Waals surface area contributed by atoms with Crippen LogP contribution in [0.2, 0.25) is 0 Å². The Morgan fingerprint density at radius 1 is 1.24 bits per heavy atom. The average Bonchev–Trinajstić information content (AvgIpc) is 2.48. The van der Waals surface area contributed by atoms with E-state index in [0.717, 1.165) is 21.3 Å². The first-order chi connectivity index (χ1) is 9.99. The van der Waals surface area contributed by atoms with Crippen LogP contribution in [0.3, 0.4) is 0 Å². The molecule has 0 saturated heterocycles. The van der Waals surface area contributed by atoms with Gasteiger partial charge in [-0.1, -0.05) is 36.4 Å². The summed E-state index contributed by atoms with van der Waals surface area (Å²) in [5.74, 6) is -1.28. The third-order valence-corrected chi connectivity index (χ3v) is 4.58. The normalized spacial score (nSPS) is 12.0. The van der Waals surface area contributed by atoms with Gasteiger partial charge in [-0.05, 0) is 52.5 Å². The Balaban J connectivity index is 2.04. The van der Waals surface area contributed by atoms with Crippen molar-refractivity contribution in [3.8, 4) is 0 Å². The van der Waals surface area contributed by atoms with E-state index < -0.39 is 11.9 Å². The van der Waals surface area contributed by atoms with E-state index in [1.165, 1.54) is 5.56 Å². The third kappa shape index (κ3) is 3.85. The van der Waals surface area contributed by atoms with E-state index in [1.807, 2.05) is 36.4 Å². The fourth-order valence-corrected chi connectivity index (χ4v) is 2.45. The van der Waals surface area contributed by atoms with Crippen LogP contribution in [-0.4, -0.2) is 11.1 Å². The van der Waals surface area contributed by atoms with Crippen LogP contribution in [0.5, 0.6) is 0 Å². The van der Waals surface area contributed by atoms with Gasteiger partial charge in [-0.3, -0.25) is 4.79 Å². The molecule has 0 saturated carbocycles. The molecule has 2 aromatic carbocycles.